The maximum atomic E-state index is 13.6. The summed E-state index contributed by atoms with van der Waals surface area (Å²) in [5.41, 5.74) is -1.49. The molecule has 2 saturated heterocycles. The summed E-state index contributed by atoms with van der Waals surface area (Å²) in [6, 6.07) is 25.4. The number of hydrogen-bond acceptors (Lipinski definition) is 18. The fourth-order valence-corrected chi connectivity index (χ4v) is 10.2. The van der Waals surface area contributed by atoms with E-state index in [0.29, 0.717) is 37.1 Å². The number of esters is 2. The summed E-state index contributed by atoms with van der Waals surface area (Å²) in [4.78, 5) is 73.9. The predicted octanol–water partition coefficient (Wildman–Crippen LogP) is 5.94. The summed E-state index contributed by atoms with van der Waals surface area (Å²) in [7, 11) is -7.71. The van der Waals surface area contributed by atoms with Crippen molar-refractivity contribution in [3.8, 4) is 12.1 Å². The minimum Gasteiger partial charge on any atom is -0.478 e. The number of carbonyl (C=O) groups is 5. The Morgan fingerprint density at radius 2 is 1.10 bits per heavy atom. The van der Waals surface area contributed by atoms with E-state index in [0.717, 1.165) is 18.3 Å². The van der Waals surface area contributed by atoms with E-state index in [1.165, 1.54) is 12.1 Å². The van der Waals surface area contributed by atoms with Gasteiger partial charge in [-0.3, -0.25) is 24.0 Å². The number of halogens is 5. The highest BCUT2D eigenvalue weighted by molar-refractivity contribution is 7.89. The van der Waals surface area contributed by atoms with Gasteiger partial charge in [-0.25, -0.2) is 50.0 Å². The SMILES string of the molecule is CCOC(=O)c1cc(C#N)c(N2CC(C(=O)NS(=O)(=O)Cc3ccccc3)C2)nc1CF.CCOC(=O)c1cc(C#N)c(N2CCC(C(=O)NS(=O)(=O)Cc3ccccc3)CC2)nc1CF.O=C(O)c1cccnc1C(F)(F)F. The number of amides is 2. The number of nitrogens with one attached hydrogen (secondary N) is 2. The van der Waals surface area contributed by atoms with Crippen LogP contribution in [0.25, 0.3) is 0 Å². The lowest BCUT2D eigenvalue weighted by molar-refractivity contribution is -0.141. The van der Waals surface area contributed by atoms with Crippen LogP contribution in [0.4, 0.5) is 33.6 Å². The van der Waals surface area contributed by atoms with E-state index in [9.17, 15) is 73.3 Å². The van der Waals surface area contributed by atoms with Gasteiger partial charge in [0, 0.05) is 38.3 Å². The van der Waals surface area contributed by atoms with Crippen molar-refractivity contribution in [1.29, 1.82) is 10.5 Å². The van der Waals surface area contributed by atoms with Crippen molar-refractivity contribution in [1.82, 2.24) is 24.4 Å². The highest BCUT2D eigenvalue weighted by Crippen LogP contribution is 2.32. The van der Waals surface area contributed by atoms with Crippen LogP contribution in [0, 0.1) is 34.5 Å². The number of carboxylic acid groups (broad SMARTS) is 1. The number of piperidine rings is 1. The lowest BCUT2D eigenvalue weighted by Crippen LogP contribution is -2.55. The Kier molecular flexibility index (Phi) is 21.4. The van der Waals surface area contributed by atoms with Crippen LogP contribution in [0.1, 0.15) is 97.1 Å². The van der Waals surface area contributed by atoms with E-state index in [-0.39, 0.29) is 83.1 Å². The summed E-state index contributed by atoms with van der Waals surface area (Å²) in [6.45, 7) is 2.17. The Labute approximate surface area is 450 Å². The van der Waals surface area contributed by atoms with Crippen molar-refractivity contribution < 1.29 is 77.3 Å². The van der Waals surface area contributed by atoms with E-state index in [1.54, 1.807) is 84.3 Å². The van der Waals surface area contributed by atoms with Crippen LogP contribution in [-0.4, -0.2) is 106 Å². The first-order valence-electron chi connectivity index (χ1n) is 23.7. The number of sulfonamides is 2. The van der Waals surface area contributed by atoms with Crippen LogP contribution in [0.2, 0.25) is 0 Å². The molecule has 0 radical (unpaired) electrons. The number of ether oxygens (including phenoxy) is 2. The van der Waals surface area contributed by atoms with Gasteiger partial charge in [0.1, 0.15) is 37.1 Å². The number of rotatable bonds is 17. The molecule has 2 aliphatic heterocycles. The molecule has 2 fully saturated rings. The summed E-state index contributed by atoms with van der Waals surface area (Å²) in [5, 5.41) is 27.4. The van der Waals surface area contributed by atoms with Crippen LogP contribution >= 0.6 is 0 Å². The Balaban J connectivity index is 0.000000238. The molecule has 0 atom stereocenters. The fraction of sp³-hybridized carbons (Fsp3) is 0.333. The summed E-state index contributed by atoms with van der Waals surface area (Å²) >= 11 is 0. The van der Waals surface area contributed by atoms with Crippen LogP contribution in [0.15, 0.2) is 91.1 Å². The lowest BCUT2D eigenvalue weighted by atomic mass is 9.96. The molecule has 2 aromatic carbocycles. The predicted molar refractivity (Wildman–Crippen MR) is 271 cm³/mol. The summed E-state index contributed by atoms with van der Waals surface area (Å²) in [6.07, 6.45) is -3.18. The highest BCUT2D eigenvalue weighted by Gasteiger charge is 2.38. The first kappa shape index (κ1) is 61.2. The van der Waals surface area contributed by atoms with Gasteiger partial charge in [-0.1, -0.05) is 60.7 Å². The summed E-state index contributed by atoms with van der Waals surface area (Å²) in [5.74, 6) is -5.87. The van der Waals surface area contributed by atoms with Gasteiger partial charge in [-0.2, -0.15) is 23.7 Å². The molecule has 0 saturated carbocycles. The maximum absolute atomic E-state index is 13.6. The third-order valence-corrected chi connectivity index (χ3v) is 14.0. The van der Waals surface area contributed by atoms with Crippen LogP contribution in [0.5, 0.6) is 0 Å². The molecule has 0 aliphatic carbocycles. The lowest BCUT2D eigenvalue weighted by Gasteiger charge is -2.39. The Morgan fingerprint density at radius 3 is 1.48 bits per heavy atom. The van der Waals surface area contributed by atoms with Crippen molar-refractivity contribution in [3.05, 3.63) is 147 Å². The largest absolute Gasteiger partial charge is 0.478 e. The van der Waals surface area contributed by atoms with Crippen LogP contribution < -0.4 is 19.2 Å². The highest BCUT2D eigenvalue weighted by atomic mass is 32.2. The molecule has 5 aromatic rings. The van der Waals surface area contributed by atoms with E-state index in [2.05, 4.69) is 24.4 Å². The number of anilines is 2. The molecule has 79 heavy (non-hydrogen) atoms. The average Bonchev–Trinajstić information content (AvgIpc) is 3.40. The number of hydrogen-bond donors (Lipinski definition) is 3. The topological polar surface area (TPSA) is 309 Å². The van der Waals surface area contributed by atoms with Gasteiger partial charge < -0.3 is 24.4 Å². The Hall–Kier alpha value is -8.63. The molecule has 5 heterocycles. The molecule has 28 heteroatoms. The molecule has 7 rings (SSSR count). The number of aromatic nitrogens is 3. The third-order valence-electron chi connectivity index (χ3n) is 11.6. The van der Waals surface area contributed by atoms with Crippen molar-refractivity contribution >= 4 is 61.4 Å². The number of pyridine rings is 3. The second kappa shape index (κ2) is 27.6. The molecule has 2 aliphatic rings. The molecule has 418 valence electrons. The first-order valence-corrected chi connectivity index (χ1v) is 27.0. The van der Waals surface area contributed by atoms with Gasteiger partial charge in [0.05, 0.1) is 69.8 Å². The number of nitrogens with zero attached hydrogens (tertiary/aromatic N) is 7. The molecule has 2 amide bonds. The van der Waals surface area contributed by atoms with Gasteiger partial charge in [-0.05, 0) is 62.1 Å². The summed E-state index contributed by atoms with van der Waals surface area (Å²) < 4.78 is 127. The van der Waals surface area contributed by atoms with Gasteiger partial charge in [-0.15, -0.1) is 0 Å². The van der Waals surface area contributed by atoms with E-state index >= 15 is 0 Å². The van der Waals surface area contributed by atoms with E-state index in [4.69, 9.17) is 14.6 Å². The number of nitriles is 2. The maximum Gasteiger partial charge on any atom is 0.434 e. The smallest absolute Gasteiger partial charge is 0.434 e. The number of aromatic carboxylic acids is 1. The fourth-order valence-electron chi connectivity index (χ4n) is 7.81. The second-order valence-electron chi connectivity index (χ2n) is 17.1. The number of carboxylic acids is 1. The average molecular weight is 1140 g/mol. The number of carbonyl (C=O) groups excluding carboxylic acids is 4. The molecule has 0 unspecified atom stereocenters. The molecule has 3 N–H and O–H groups in total. The minimum absolute atomic E-state index is 0.0285. The molecule has 21 nitrogen and oxygen atoms in total. The first-order chi connectivity index (χ1) is 37.5. The quantitative estimate of drug-likeness (QED) is 0.0716. The van der Waals surface area contributed by atoms with Gasteiger partial charge in [0.2, 0.25) is 31.9 Å². The van der Waals surface area contributed by atoms with Gasteiger partial charge in [0.25, 0.3) is 0 Å². The van der Waals surface area contributed by atoms with Crippen molar-refractivity contribution in [2.24, 2.45) is 11.8 Å². The number of alkyl halides is 5. The van der Waals surface area contributed by atoms with Crippen LogP contribution in [-0.2, 0) is 70.1 Å². The molecule has 3 aromatic heterocycles. The van der Waals surface area contributed by atoms with E-state index < -0.39 is 92.4 Å². The normalized spacial score (nSPS) is 13.6. The van der Waals surface area contributed by atoms with Gasteiger partial charge >= 0.3 is 24.1 Å². The Morgan fingerprint density at radius 1 is 0.671 bits per heavy atom. The van der Waals surface area contributed by atoms with Crippen molar-refractivity contribution in [3.63, 3.8) is 0 Å². The van der Waals surface area contributed by atoms with E-state index in [1.807, 2.05) is 12.1 Å². The molecule has 0 spiro atoms. The monoisotopic (exact) mass is 1140 g/mol. The molecular formula is C51H50F5N9O12S2. The third kappa shape index (κ3) is 16.9. The van der Waals surface area contributed by atoms with Crippen molar-refractivity contribution in [2.75, 3.05) is 49.2 Å². The zero-order chi connectivity index (χ0) is 58.1. The van der Waals surface area contributed by atoms with Gasteiger partial charge in [0.15, 0.2) is 5.69 Å². The number of benzene rings is 2. The standard InChI is InChI=1S/C23H25FN4O5S.C21H21FN4O5S.C7H4F3NO2/c1-2-33-23(30)19-12-18(14-25)21(26-20(19)13-24)28-10-8-17(9-11-28)22(29)27-34(31,32)15-16-6-4-3-5-7-16;1-2-31-21(28)17-8-15(10-23)19(24-18(17)9-22)26-11-16(12-26)20(27)25-32(29,30)13-14-6-4-3-5-7-14;8-7(9,10)5-4(6(12)13)2-1-3-11-5/h3-7,12,17H,2,8-11,13,15H2,1H3,(H,27,29);3-8,16H,2,9,11-13H2,1H3,(H,25,27);1-3H,(H,12,13). The second-order valence-corrected chi connectivity index (χ2v) is 20.6. The molecule has 0 bridgehead atoms. The zero-order valence-electron chi connectivity index (χ0n) is 42.1. The van der Waals surface area contributed by atoms with Crippen LogP contribution in [0.3, 0.4) is 0 Å². The molecular weight excluding hydrogens is 1090 g/mol. The Bertz CT molecular complexity index is 3330. The zero-order valence-corrected chi connectivity index (χ0v) is 43.7. The van der Waals surface area contributed by atoms with Crippen molar-refractivity contribution in [2.45, 2.75) is 57.7 Å². The minimum atomic E-state index is -4.73.